The van der Waals surface area contributed by atoms with Crippen LogP contribution in [0.5, 0.6) is 0 Å². The monoisotopic (exact) mass is 479 g/mol. The van der Waals surface area contributed by atoms with E-state index in [2.05, 4.69) is 75.8 Å². The molecule has 0 aliphatic carbocycles. The van der Waals surface area contributed by atoms with E-state index in [1.165, 1.54) is 11.1 Å². The molecule has 2 N–H and O–H groups in total. The number of aliphatic carboxylic acids is 1. The zero-order chi connectivity index (χ0) is 24.6. The van der Waals surface area contributed by atoms with Crippen LogP contribution in [0.3, 0.4) is 0 Å². The standard InChI is InChI=1S/C27H37N5O3/c1-20-16-31(17-21(2)32(20)19-27(33)34)18-25-14-26(30-35-25)24-10-8-23(9-11-24)15-29-28-13-12-22-6-4-3-5-7-22/h3-11,20-21,25-26,30H,12-19H2,1-2H3,(H,33,34). The largest absolute Gasteiger partial charge is 0.480 e. The molecule has 2 saturated heterocycles. The van der Waals surface area contributed by atoms with Crippen molar-refractivity contribution >= 4 is 5.97 Å². The minimum Gasteiger partial charge on any atom is -0.480 e. The Morgan fingerprint density at radius 1 is 1.03 bits per heavy atom. The lowest BCUT2D eigenvalue weighted by Crippen LogP contribution is -2.58. The van der Waals surface area contributed by atoms with E-state index in [-0.39, 0.29) is 30.8 Å². The van der Waals surface area contributed by atoms with Crippen LogP contribution in [0, 0.1) is 0 Å². The number of nitrogens with one attached hydrogen (secondary N) is 1. The number of carbonyl (C=O) groups is 1. The van der Waals surface area contributed by atoms with E-state index in [1.807, 2.05) is 18.2 Å². The van der Waals surface area contributed by atoms with E-state index >= 15 is 0 Å². The molecule has 8 heteroatoms. The Labute approximate surface area is 207 Å². The smallest absolute Gasteiger partial charge is 0.317 e. The average Bonchev–Trinajstić information content (AvgIpc) is 3.30. The molecule has 0 spiro atoms. The molecule has 35 heavy (non-hydrogen) atoms. The molecular weight excluding hydrogens is 442 g/mol. The number of carboxylic acids is 1. The van der Waals surface area contributed by atoms with Gasteiger partial charge in [0.2, 0.25) is 0 Å². The summed E-state index contributed by atoms with van der Waals surface area (Å²) in [6.07, 6.45) is 1.94. The Morgan fingerprint density at radius 2 is 1.74 bits per heavy atom. The molecule has 2 aliphatic heterocycles. The van der Waals surface area contributed by atoms with Crippen molar-refractivity contribution in [2.75, 3.05) is 32.7 Å². The van der Waals surface area contributed by atoms with Gasteiger partial charge in [-0.25, -0.2) is 0 Å². The second kappa shape index (κ2) is 12.4. The molecule has 8 nitrogen and oxygen atoms in total. The number of carboxylic acid groups (broad SMARTS) is 1. The zero-order valence-corrected chi connectivity index (χ0v) is 20.7. The molecule has 4 atom stereocenters. The molecular formula is C27H37N5O3. The molecule has 188 valence electrons. The third-order valence-electron chi connectivity index (χ3n) is 6.91. The summed E-state index contributed by atoms with van der Waals surface area (Å²) in [5.74, 6) is -0.763. The first kappa shape index (κ1) is 25.4. The predicted octanol–water partition coefficient (Wildman–Crippen LogP) is 3.70. The van der Waals surface area contributed by atoms with Crippen LogP contribution in [0.2, 0.25) is 0 Å². The van der Waals surface area contributed by atoms with Crippen molar-refractivity contribution in [3.8, 4) is 0 Å². The fourth-order valence-corrected chi connectivity index (χ4v) is 5.11. The third kappa shape index (κ3) is 7.41. The van der Waals surface area contributed by atoms with Gasteiger partial charge in [0.1, 0.15) is 0 Å². The van der Waals surface area contributed by atoms with Crippen LogP contribution >= 0.6 is 0 Å². The van der Waals surface area contributed by atoms with Crippen LogP contribution in [0.15, 0.2) is 64.8 Å². The van der Waals surface area contributed by atoms with Crippen LogP contribution in [0.1, 0.15) is 43.0 Å². The minimum atomic E-state index is -0.763. The van der Waals surface area contributed by atoms with E-state index < -0.39 is 5.97 Å². The number of hydroxylamine groups is 1. The Morgan fingerprint density at radius 3 is 2.43 bits per heavy atom. The molecule has 0 aromatic heterocycles. The number of nitrogens with zero attached hydrogens (tertiary/aromatic N) is 4. The number of hydrogen-bond acceptors (Lipinski definition) is 7. The normalized spacial score (nSPS) is 25.9. The summed E-state index contributed by atoms with van der Waals surface area (Å²) in [7, 11) is 0. The van der Waals surface area contributed by atoms with Gasteiger partial charge in [-0.2, -0.15) is 15.7 Å². The fourth-order valence-electron chi connectivity index (χ4n) is 5.11. The Balaban J connectivity index is 1.20. The first-order valence-corrected chi connectivity index (χ1v) is 12.5. The maximum Gasteiger partial charge on any atom is 0.317 e. The van der Waals surface area contributed by atoms with Crippen LogP contribution in [-0.2, 0) is 22.6 Å². The molecule has 0 saturated carbocycles. The first-order chi connectivity index (χ1) is 17.0. The summed E-state index contributed by atoms with van der Waals surface area (Å²) in [4.78, 5) is 21.5. The van der Waals surface area contributed by atoms with Gasteiger partial charge < -0.3 is 5.11 Å². The Kier molecular flexibility index (Phi) is 8.98. The van der Waals surface area contributed by atoms with Crippen molar-refractivity contribution in [3.05, 3.63) is 71.3 Å². The summed E-state index contributed by atoms with van der Waals surface area (Å²) in [6.45, 7) is 8.17. The highest BCUT2D eigenvalue weighted by Crippen LogP contribution is 2.27. The summed E-state index contributed by atoms with van der Waals surface area (Å²) in [5.41, 5.74) is 6.85. The van der Waals surface area contributed by atoms with Gasteiger partial charge in [-0.1, -0.05) is 54.6 Å². The van der Waals surface area contributed by atoms with Crippen molar-refractivity contribution in [1.82, 2.24) is 15.3 Å². The van der Waals surface area contributed by atoms with Gasteiger partial charge in [-0.3, -0.25) is 19.4 Å². The van der Waals surface area contributed by atoms with Gasteiger partial charge in [0.05, 0.1) is 31.8 Å². The Bertz CT molecular complexity index is 957. The summed E-state index contributed by atoms with van der Waals surface area (Å²) >= 11 is 0. The Hall–Kier alpha value is -2.65. The van der Waals surface area contributed by atoms with Crippen LogP contribution < -0.4 is 5.48 Å². The molecule has 0 amide bonds. The summed E-state index contributed by atoms with van der Waals surface area (Å²) in [6, 6.07) is 19.5. The summed E-state index contributed by atoms with van der Waals surface area (Å²) < 4.78 is 0. The molecule has 0 radical (unpaired) electrons. The summed E-state index contributed by atoms with van der Waals surface area (Å²) in [5, 5.41) is 17.8. The highest BCUT2D eigenvalue weighted by Gasteiger charge is 2.34. The van der Waals surface area contributed by atoms with E-state index in [4.69, 9.17) is 9.94 Å². The number of benzene rings is 2. The maximum atomic E-state index is 11.1. The highest BCUT2D eigenvalue weighted by atomic mass is 16.7. The van der Waals surface area contributed by atoms with Crippen molar-refractivity contribution < 1.29 is 14.7 Å². The minimum absolute atomic E-state index is 0.102. The molecule has 2 heterocycles. The molecule has 2 fully saturated rings. The lowest BCUT2D eigenvalue weighted by Gasteiger charge is -2.44. The number of piperazine rings is 1. The van der Waals surface area contributed by atoms with E-state index in [0.29, 0.717) is 13.1 Å². The maximum absolute atomic E-state index is 11.1. The van der Waals surface area contributed by atoms with Crippen LogP contribution in [0.25, 0.3) is 0 Å². The van der Waals surface area contributed by atoms with Crippen molar-refractivity contribution in [2.24, 2.45) is 10.2 Å². The van der Waals surface area contributed by atoms with E-state index in [0.717, 1.165) is 38.0 Å². The predicted molar refractivity (Wildman–Crippen MR) is 135 cm³/mol. The molecule has 0 bridgehead atoms. The third-order valence-corrected chi connectivity index (χ3v) is 6.91. The SMILES string of the molecule is CC1CN(CC2CC(c3ccc(CN=NCCc4ccccc4)cc3)NO2)CC(C)N1CC(=O)O. The van der Waals surface area contributed by atoms with Gasteiger partial charge in [-0.15, -0.1) is 0 Å². The van der Waals surface area contributed by atoms with E-state index in [1.54, 1.807) is 0 Å². The van der Waals surface area contributed by atoms with Crippen LogP contribution in [0.4, 0.5) is 0 Å². The highest BCUT2D eigenvalue weighted by molar-refractivity contribution is 5.69. The number of hydrogen-bond donors (Lipinski definition) is 2. The molecule has 2 aromatic rings. The van der Waals surface area contributed by atoms with Gasteiger partial charge in [-0.05, 0) is 43.4 Å². The fraction of sp³-hybridized carbons (Fsp3) is 0.519. The second-order valence-corrected chi connectivity index (χ2v) is 9.77. The van der Waals surface area contributed by atoms with Gasteiger partial charge in [0, 0.05) is 31.7 Å². The van der Waals surface area contributed by atoms with E-state index in [9.17, 15) is 4.79 Å². The van der Waals surface area contributed by atoms with Crippen molar-refractivity contribution in [1.29, 1.82) is 0 Å². The molecule has 2 aromatic carbocycles. The number of rotatable bonds is 10. The molecule has 4 rings (SSSR count). The molecule has 2 aliphatic rings. The van der Waals surface area contributed by atoms with Gasteiger partial charge in [0.15, 0.2) is 0 Å². The lowest BCUT2D eigenvalue weighted by atomic mass is 10.00. The second-order valence-electron chi connectivity index (χ2n) is 9.77. The van der Waals surface area contributed by atoms with Crippen molar-refractivity contribution in [3.63, 3.8) is 0 Å². The topological polar surface area (TPSA) is 89.8 Å². The number of azo groups is 1. The van der Waals surface area contributed by atoms with Gasteiger partial charge >= 0.3 is 5.97 Å². The lowest BCUT2D eigenvalue weighted by molar-refractivity contribution is -0.140. The van der Waals surface area contributed by atoms with Crippen molar-refractivity contribution in [2.45, 2.75) is 57.5 Å². The molecule has 4 unspecified atom stereocenters. The van der Waals surface area contributed by atoms with Gasteiger partial charge in [0.25, 0.3) is 0 Å². The van der Waals surface area contributed by atoms with Crippen LogP contribution in [-0.4, -0.2) is 71.8 Å². The quantitative estimate of drug-likeness (QED) is 0.505. The first-order valence-electron chi connectivity index (χ1n) is 12.5. The zero-order valence-electron chi connectivity index (χ0n) is 20.7. The average molecular weight is 480 g/mol.